The van der Waals surface area contributed by atoms with Crippen LogP contribution in [0.5, 0.6) is 0 Å². The maximum Gasteiger partial charge on any atom is 0.407 e. The van der Waals surface area contributed by atoms with Gasteiger partial charge < -0.3 is 55.4 Å². The molecule has 6 aromatic rings. The van der Waals surface area contributed by atoms with Crippen molar-refractivity contribution in [3.8, 4) is 0 Å². The fourth-order valence-corrected chi connectivity index (χ4v) is 11.0. The molecule has 3 aliphatic heterocycles. The highest BCUT2D eigenvalue weighted by Gasteiger charge is 2.29. The number of alkyl carbamates (subject to hydrolysis) is 2. The molecule has 3 amide bonds. The monoisotopic (exact) mass is 1120 g/mol. The number of rotatable bonds is 18. The van der Waals surface area contributed by atoms with Gasteiger partial charge in [0.2, 0.25) is 5.91 Å². The van der Waals surface area contributed by atoms with Gasteiger partial charge in [-0.25, -0.2) is 14.4 Å². The van der Waals surface area contributed by atoms with E-state index in [-0.39, 0.29) is 37.3 Å². The zero-order chi connectivity index (χ0) is 55.2. The highest BCUT2D eigenvalue weighted by Crippen LogP contribution is 2.24. The zero-order valence-electron chi connectivity index (χ0n) is 45.6. The van der Waals surface area contributed by atoms with E-state index in [1.54, 1.807) is 38.9 Å². The van der Waals surface area contributed by atoms with Crippen molar-refractivity contribution < 1.29 is 48.0 Å². The SMILES string of the molecule is CC(C)(C)OC(=O)NC1CCN(C(=O)COCCc2ccc3sccc3c2)C1.CC(C)(C)OC(=O)NC1CCNC1.NC1CCN(CCOCCc2ccc3sccc3c2)C1.O=C(O)COCCc1ccc2sccc2c1. The van der Waals surface area contributed by atoms with Crippen molar-refractivity contribution in [2.45, 2.75) is 109 Å². The van der Waals surface area contributed by atoms with E-state index in [1.807, 2.05) is 41.5 Å². The smallest absolute Gasteiger partial charge is 0.407 e. The maximum absolute atomic E-state index is 12.3. The second kappa shape index (κ2) is 30.8. The molecule has 16 nitrogen and oxygen atoms in total. The number of fused-ring (bicyclic) bond motifs is 3. The lowest BCUT2D eigenvalue weighted by Crippen LogP contribution is -2.41. The Labute approximate surface area is 465 Å². The standard InChI is InChI=1S/C21H28N2O4S.C16H22N2OS.C12H12O3S.C9H18N2O2/c1-21(2,3)27-20(25)22-17-6-9-23(13-17)19(24)14-26-10-7-15-4-5-18-16(12-15)8-11-28-18;17-15-3-6-18(12-15)7-9-19-8-4-13-1-2-16-14(11-13)5-10-20-16;13-12(14)8-15-5-3-9-1-2-11-10(7-9)4-6-16-11;1-9(2,3)13-8(12)11-7-4-5-10-6-7/h4-5,8,11-12,17H,6-7,9-10,13-14H2,1-3H3,(H,22,25);1-2,5,10-11,15H,3-4,6-9,12,17H2;1-2,4,6-7H,3,5,8H2,(H,13,14);7,10H,4-6H2,1-3H3,(H,11,12). The van der Waals surface area contributed by atoms with Crippen molar-refractivity contribution in [1.82, 2.24) is 25.8 Å². The number of ether oxygens (including phenoxy) is 5. The molecule has 19 heteroatoms. The third kappa shape index (κ3) is 23.0. The molecule has 77 heavy (non-hydrogen) atoms. The highest BCUT2D eigenvalue weighted by atomic mass is 32.1. The van der Waals surface area contributed by atoms with E-state index >= 15 is 0 Å². The molecule has 3 atom stereocenters. The normalized spacial score (nSPS) is 17.5. The fraction of sp³-hybridized carbons (Fsp3) is 0.517. The van der Waals surface area contributed by atoms with E-state index in [1.165, 1.54) is 46.9 Å². The quantitative estimate of drug-likeness (QED) is 0.0510. The second-order valence-electron chi connectivity index (χ2n) is 21.4. The van der Waals surface area contributed by atoms with Crippen LogP contribution < -0.4 is 21.7 Å². The summed E-state index contributed by atoms with van der Waals surface area (Å²) >= 11 is 5.25. The number of carboxylic acid groups (broad SMARTS) is 1. The molecular formula is C58H80N6O10S3. The Bertz CT molecular complexity index is 2760. The summed E-state index contributed by atoms with van der Waals surface area (Å²) in [5.74, 6) is -0.963. The van der Waals surface area contributed by atoms with Gasteiger partial charge in [0.05, 0.1) is 32.5 Å². The number of amides is 3. The molecule has 420 valence electrons. The molecule has 0 radical (unpaired) electrons. The molecule has 3 aromatic heterocycles. The molecule has 0 saturated carbocycles. The lowest BCUT2D eigenvalue weighted by molar-refractivity contribution is -0.142. The van der Waals surface area contributed by atoms with Gasteiger partial charge >= 0.3 is 18.2 Å². The third-order valence-electron chi connectivity index (χ3n) is 12.5. The molecule has 0 bridgehead atoms. The van der Waals surface area contributed by atoms with Crippen molar-refractivity contribution in [3.05, 3.63) is 106 Å². The number of carbonyl (C=O) groups excluding carboxylic acids is 3. The molecule has 0 spiro atoms. The highest BCUT2D eigenvalue weighted by molar-refractivity contribution is 7.17. The van der Waals surface area contributed by atoms with Crippen LogP contribution in [0.2, 0.25) is 0 Å². The molecule has 3 fully saturated rings. The largest absolute Gasteiger partial charge is 0.480 e. The Balaban J connectivity index is 0.000000173. The van der Waals surface area contributed by atoms with E-state index in [0.717, 1.165) is 84.5 Å². The van der Waals surface area contributed by atoms with E-state index < -0.39 is 23.3 Å². The number of nitrogens with zero attached hydrogens (tertiary/aromatic N) is 2. The summed E-state index contributed by atoms with van der Waals surface area (Å²) in [4.78, 5) is 49.8. The van der Waals surface area contributed by atoms with Gasteiger partial charge in [-0.3, -0.25) is 9.69 Å². The molecule has 3 unspecified atom stereocenters. The van der Waals surface area contributed by atoms with Crippen LogP contribution in [0.25, 0.3) is 30.3 Å². The number of benzene rings is 3. The minimum Gasteiger partial charge on any atom is -0.480 e. The minimum absolute atomic E-state index is 0.0400. The predicted octanol–water partition coefficient (Wildman–Crippen LogP) is 9.50. The van der Waals surface area contributed by atoms with Crippen molar-refractivity contribution in [2.75, 3.05) is 85.5 Å². The number of carbonyl (C=O) groups is 4. The predicted molar refractivity (Wildman–Crippen MR) is 311 cm³/mol. The van der Waals surface area contributed by atoms with Crippen molar-refractivity contribution in [3.63, 3.8) is 0 Å². The molecule has 3 saturated heterocycles. The molecule has 0 aliphatic carbocycles. The first-order chi connectivity index (χ1) is 36.8. The van der Waals surface area contributed by atoms with Gasteiger partial charge in [0.25, 0.3) is 0 Å². The number of carboxylic acids is 1. The van der Waals surface area contributed by atoms with Crippen LogP contribution in [0.1, 0.15) is 77.5 Å². The van der Waals surface area contributed by atoms with Crippen LogP contribution in [0.4, 0.5) is 9.59 Å². The fourth-order valence-electron chi connectivity index (χ4n) is 8.69. The van der Waals surface area contributed by atoms with Gasteiger partial charge in [-0.2, -0.15) is 0 Å². The van der Waals surface area contributed by atoms with Crippen molar-refractivity contribution >= 4 is 88.3 Å². The number of hydrogen-bond acceptors (Lipinski definition) is 15. The second-order valence-corrected chi connectivity index (χ2v) is 24.2. The number of thiophene rings is 3. The number of nitrogens with one attached hydrogen (secondary N) is 3. The minimum atomic E-state index is -0.923. The van der Waals surface area contributed by atoms with E-state index in [2.05, 4.69) is 110 Å². The Hall–Kier alpha value is -5.22. The van der Waals surface area contributed by atoms with Gasteiger partial charge in [-0.15, -0.1) is 34.0 Å². The van der Waals surface area contributed by atoms with E-state index in [4.69, 9.17) is 34.5 Å². The summed E-state index contributed by atoms with van der Waals surface area (Å²) in [6, 6.07) is 26.3. The number of hydrogen-bond donors (Lipinski definition) is 5. The Morgan fingerprint density at radius 1 is 0.623 bits per heavy atom. The van der Waals surface area contributed by atoms with Gasteiger partial charge in [0.1, 0.15) is 24.4 Å². The first-order valence-electron chi connectivity index (χ1n) is 26.6. The van der Waals surface area contributed by atoms with Crippen LogP contribution in [0, 0.1) is 0 Å². The number of likely N-dealkylation sites (tertiary alicyclic amines) is 2. The molecular weight excluding hydrogens is 1040 g/mol. The Kier molecular flexibility index (Phi) is 24.4. The topological polar surface area (TPSA) is 203 Å². The van der Waals surface area contributed by atoms with Crippen LogP contribution in [0.3, 0.4) is 0 Å². The average Bonchev–Trinajstić information content (AvgIpc) is 4.24. The Morgan fingerprint density at radius 2 is 1.12 bits per heavy atom. The van der Waals surface area contributed by atoms with E-state index in [9.17, 15) is 19.2 Å². The summed E-state index contributed by atoms with van der Waals surface area (Å²) in [6.07, 6.45) is 4.60. The summed E-state index contributed by atoms with van der Waals surface area (Å²) < 4.78 is 30.6. The number of nitrogens with two attached hydrogens (primary N) is 1. The first-order valence-corrected chi connectivity index (χ1v) is 29.3. The van der Waals surface area contributed by atoms with Crippen molar-refractivity contribution in [1.29, 1.82) is 0 Å². The molecule has 3 aromatic carbocycles. The van der Waals surface area contributed by atoms with Crippen LogP contribution >= 0.6 is 34.0 Å². The summed E-state index contributed by atoms with van der Waals surface area (Å²) in [7, 11) is 0. The van der Waals surface area contributed by atoms with Gasteiger partial charge in [-0.05, 0) is 179 Å². The first kappa shape index (κ1) is 61.0. The summed E-state index contributed by atoms with van der Waals surface area (Å²) in [5, 5.41) is 27.3. The molecule has 6 N–H and O–H groups in total. The Morgan fingerprint density at radius 3 is 1.57 bits per heavy atom. The van der Waals surface area contributed by atoms with Gasteiger partial charge in [0, 0.05) is 58.9 Å². The lowest BCUT2D eigenvalue weighted by Gasteiger charge is -2.22. The van der Waals surface area contributed by atoms with Crippen LogP contribution in [-0.2, 0) is 52.5 Å². The maximum atomic E-state index is 12.3. The molecule has 3 aliphatic rings. The molecule has 6 heterocycles. The van der Waals surface area contributed by atoms with Crippen molar-refractivity contribution in [2.24, 2.45) is 5.73 Å². The van der Waals surface area contributed by atoms with Gasteiger partial charge in [0.15, 0.2) is 0 Å². The molecule has 9 rings (SSSR count). The lowest BCUT2D eigenvalue weighted by atomic mass is 10.1. The number of aliphatic carboxylic acids is 1. The van der Waals surface area contributed by atoms with Crippen LogP contribution in [-0.4, -0.2) is 154 Å². The van der Waals surface area contributed by atoms with Crippen LogP contribution in [0.15, 0.2) is 88.9 Å². The zero-order valence-corrected chi connectivity index (χ0v) is 48.1. The summed E-state index contributed by atoms with van der Waals surface area (Å²) in [6.45, 7) is 19.6. The third-order valence-corrected chi connectivity index (χ3v) is 15.2. The van der Waals surface area contributed by atoms with E-state index in [0.29, 0.717) is 32.3 Å². The summed E-state index contributed by atoms with van der Waals surface area (Å²) in [5.41, 5.74) is 8.70. The van der Waals surface area contributed by atoms with Gasteiger partial charge in [-0.1, -0.05) is 36.4 Å². The average molecular weight is 1120 g/mol.